The second kappa shape index (κ2) is 8.56. The molecule has 0 aromatic heterocycles. The number of halogens is 1. The molecule has 1 aliphatic heterocycles. The van der Waals surface area contributed by atoms with Gasteiger partial charge >= 0.3 is 0 Å². The van der Waals surface area contributed by atoms with E-state index < -0.39 is 27.5 Å². The van der Waals surface area contributed by atoms with Crippen LogP contribution in [0.2, 0.25) is 0 Å². The largest absolute Gasteiger partial charge is 0.370 e. The maximum absolute atomic E-state index is 14.3. The van der Waals surface area contributed by atoms with Crippen LogP contribution in [-0.2, 0) is 14.8 Å². The predicted molar refractivity (Wildman–Crippen MR) is 105 cm³/mol. The van der Waals surface area contributed by atoms with Crippen molar-refractivity contribution in [1.29, 1.82) is 0 Å². The first kappa shape index (κ1) is 20.1. The van der Waals surface area contributed by atoms with Gasteiger partial charge in [-0.15, -0.1) is 0 Å². The Morgan fingerprint density at radius 3 is 2.52 bits per heavy atom. The highest BCUT2D eigenvalue weighted by Crippen LogP contribution is 2.31. The lowest BCUT2D eigenvalue weighted by Gasteiger charge is -2.26. The second-order valence-electron chi connectivity index (χ2n) is 7.71. The molecule has 1 aromatic rings. The number of rotatable bonds is 6. The van der Waals surface area contributed by atoms with E-state index in [2.05, 4.69) is 17.0 Å². The van der Waals surface area contributed by atoms with Crippen molar-refractivity contribution in [2.24, 2.45) is 5.92 Å². The van der Waals surface area contributed by atoms with Crippen LogP contribution in [0.1, 0.15) is 45.4 Å². The Bertz CT molecular complexity index is 770. The number of hydrogen-bond donors (Lipinski definition) is 2. The standard InChI is InChI=1S/C19H28FN3O3S/c1-14-7-9-15(10-8-14)22-27(25,26)13-18(24)21-19-16(20)5-4-6-17(19)23-11-2-3-12-23/h4-6,14-15,22H,2-3,7-13H2,1H3,(H,21,24). The number of nitrogens with zero attached hydrogens (tertiary/aromatic N) is 1. The molecule has 2 N–H and O–H groups in total. The maximum atomic E-state index is 14.3. The van der Waals surface area contributed by atoms with E-state index in [1.54, 1.807) is 12.1 Å². The number of hydrogen-bond acceptors (Lipinski definition) is 4. The second-order valence-corrected chi connectivity index (χ2v) is 9.46. The van der Waals surface area contributed by atoms with Gasteiger partial charge in [0, 0.05) is 19.1 Å². The first-order valence-corrected chi connectivity index (χ1v) is 11.3. The molecule has 1 aliphatic carbocycles. The Labute approximate surface area is 160 Å². The summed E-state index contributed by atoms with van der Waals surface area (Å²) in [6.07, 6.45) is 5.56. The van der Waals surface area contributed by atoms with Gasteiger partial charge in [-0.1, -0.05) is 13.0 Å². The van der Waals surface area contributed by atoms with Gasteiger partial charge in [-0.05, 0) is 56.6 Å². The van der Waals surface area contributed by atoms with Gasteiger partial charge < -0.3 is 10.2 Å². The normalized spacial score (nSPS) is 23.4. The van der Waals surface area contributed by atoms with E-state index in [4.69, 9.17) is 0 Å². The smallest absolute Gasteiger partial charge is 0.241 e. The highest BCUT2D eigenvalue weighted by Gasteiger charge is 2.26. The van der Waals surface area contributed by atoms with Crippen molar-refractivity contribution in [2.75, 3.05) is 29.1 Å². The Hall–Kier alpha value is -1.67. The number of nitrogens with one attached hydrogen (secondary N) is 2. The first-order valence-electron chi connectivity index (χ1n) is 9.67. The van der Waals surface area contributed by atoms with Gasteiger partial charge in [0.2, 0.25) is 15.9 Å². The van der Waals surface area contributed by atoms with Gasteiger partial charge in [-0.25, -0.2) is 17.5 Å². The summed E-state index contributed by atoms with van der Waals surface area (Å²) < 4.78 is 41.6. The van der Waals surface area contributed by atoms with Crippen molar-refractivity contribution in [2.45, 2.75) is 51.5 Å². The van der Waals surface area contributed by atoms with Crippen molar-refractivity contribution in [1.82, 2.24) is 4.72 Å². The maximum Gasteiger partial charge on any atom is 0.241 e. The monoisotopic (exact) mass is 397 g/mol. The Kier molecular flexibility index (Phi) is 6.37. The van der Waals surface area contributed by atoms with Crippen LogP contribution in [0, 0.1) is 11.7 Å². The number of sulfonamides is 1. The molecule has 0 spiro atoms. The van der Waals surface area contributed by atoms with Crippen LogP contribution >= 0.6 is 0 Å². The molecule has 2 fully saturated rings. The molecule has 0 unspecified atom stereocenters. The number of amides is 1. The minimum atomic E-state index is -3.76. The fourth-order valence-corrected chi connectivity index (χ4v) is 5.12. The molecule has 0 radical (unpaired) electrons. The third-order valence-corrected chi connectivity index (χ3v) is 6.72. The summed E-state index contributed by atoms with van der Waals surface area (Å²) in [4.78, 5) is 14.3. The summed E-state index contributed by atoms with van der Waals surface area (Å²) in [6.45, 7) is 3.75. The topological polar surface area (TPSA) is 78.5 Å². The minimum absolute atomic E-state index is 0.0612. The summed E-state index contributed by atoms with van der Waals surface area (Å²) in [5.74, 6) is -1.37. The fourth-order valence-electron chi connectivity index (χ4n) is 3.88. The van der Waals surface area contributed by atoms with Crippen molar-refractivity contribution in [3.05, 3.63) is 24.0 Å². The molecular weight excluding hydrogens is 369 g/mol. The molecule has 27 heavy (non-hydrogen) atoms. The molecule has 1 amide bonds. The Morgan fingerprint density at radius 1 is 1.19 bits per heavy atom. The number of carbonyl (C=O) groups excluding carboxylic acids is 1. The lowest BCUT2D eigenvalue weighted by Crippen LogP contribution is -2.41. The highest BCUT2D eigenvalue weighted by atomic mass is 32.2. The van der Waals surface area contributed by atoms with Gasteiger partial charge in [0.15, 0.2) is 0 Å². The molecule has 2 aliphatic rings. The summed E-state index contributed by atoms with van der Waals surface area (Å²) in [5, 5.41) is 2.48. The van der Waals surface area contributed by atoms with Gasteiger partial charge in [-0.2, -0.15) is 0 Å². The van der Waals surface area contributed by atoms with Crippen LogP contribution < -0.4 is 14.9 Å². The lowest BCUT2D eigenvalue weighted by molar-refractivity contribution is -0.113. The van der Waals surface area contributed by atoms with E-state index in [1.165, 1.54) is 6.07 Å². The van der Waals surface area contributed by atoms with E-state index in [0.717, 1.165) is 51.6 Å². The number of carbonyl (C=O) groups is 1. The van der Waals surface area contributed by atoms with Crippen molar-refractivity contribution < 1.29 is 17.6 Å². The lowest BCUT2D eigenvalue weighted by atomic mass is 9.88. The first-order chi connectivity index (χ1) is 12.8. The molecule has 6 nitrogen and oxygen atoms in total. The molecule has 150 valence electrons. The zero-order valence-electron chi connectivity index (χ0n) is 15.7. The van der Waals surface area contributed by atoms with Crippen LogP contribution in [-0.4, -0.2) is 39.2 Å². The summed E-state index contributed by atoms with van der Waals surface area (Å²) in [5.41, 5.74) is 0.665. The van der Waals surface area contributed by atoms with E-state index in [-0.39, 0.29) is 11.7 Å². The minimum Gasteiger partial charge on any atom is -0.370 e. The van der Waals surface area contributed by atoms with Crippen LogP contribution in [0.4, 0.5) is 15.8 Å². The SMILES string of the molecule is CC1CCC(NS(=O)(=O)CC(=O)Nc2c(F)cccc2N2CCCC2)CC1. The highest BCUT2D eigenvalue weighted by molar-refractivity contribution is 7.90. The van der Waals surface area contributed by atoms with Crippen molar-refractivity contribution in [3.8, 4) is 0 Å². The van der Waals surface area contributed by atoms with Crippen LogP contribution in [0.3, 0.4) is 0 Å². The van der Waals surface area contributed by atoms with Crippen LogP contribution in [0.25, 0.3) is 0 Å². The molecular formula is C19H28FN3O3S. The van der Waals surface area contributed by atoms with E-state index in [1.807, 2.05) is 4.90 Å². The molecule has 1 aromatic carbocycles. The molecule has 0 atom stereocenters. The predicted octanol–water partition coefficient (Wildman–Crippen LogP) is 2.86. The Balaban J connectivity index is 1.63. The summed E-state index contributed by atoms with van der Waals surface area (Å²) in [6, 6.07) is 4.50. The van der Waals surface area contributed by atoms with Crippen molar-refractivity contribution >= 4 is 27.3 Å². The Morgan fingerprint density at radius 2 is 1.85 bits per heavy atom. The molecule has 3 rings (SSSR count). The third-order valence-electron chi connectivity index (χ3n) is 5.39. The van der Waals surface area contributed by atoms with Crippen molar-refractivity contribution in [3.63, 3.8) is 0 Å². The number of benzene rings is 1. The molecule has 1 saturated heterocycles. The van der Waals surface area contributed by atoms with E-state index in [9.17, 15) is 17.6 Å². The zero-order valence-corrected chi connectivity index (χ0v) is 16.5. The van der Waals surface area contributed by atoms with Gasteiger partial charge in [-0.3, -0.25) is 4.79 Å². The number of para-hydroxylation sites is 1. The van der Waals surface area contributed by atoms with E-state index >= 15 is 0 Å². The number of anilines is 2. The molecule has 1 saturated carbocycles. The summed E-state index contributed by atoms with van der Waals surface area (Å²) in [7, 11) is -3.76. The molecule has 0 bridgehead atoms. The van der Waals surface area contributed by atoms with Gasteiger partial charge in [0.1, 0.15) is 17.3 Å². The zero-order chi connectivity index (χ0) is 19.4. The quantitative estimate of drug-likeness (QED) is 0.774. The molecule has 8 heteroatoms. The average molecular weight is 398 g/mol. The van der Waals surface area contributed by atoms with Crippen LogP contribution in [0.15, 0.2) is 18.2 Å². The van der Waals surface area contributed by atoms with Gasteiger partial charge in [0.25, 0.3) is 0 Å². The fraction of sp³-hybridized carbons (Fsp3) is 0.632. The molecule has 1 heterocycles. The van der Waals surface area contributed by atoms with E-state index in [0.29, 0.717) is 11.6 Å². The van der Waals surface area contributed by atoms with Gasteiger partial charge in [0.05, 0.1) is 5.69 Å². The average Bonchev–Trinajstić information content (AvgIpc) is 3.12. The third kappa shape index (κ3) is 5.42. The van der Waals surface area contributed by atoms with Crippen LogP contribution in [0.5, 0.6) is 0 Å². The summed E-state index contributed by atoms with van der Waals surface area (Å²) >= 11 is 0.